The van der Waals surface area contributed by atoms with E-state index in [0.717, 1.165) is 37.3 Å². The van der Waals surface area contributed by atoms with Gasteiger partial charge in [-0.2, -0.15) is 0 Å². The lowest BCUT2D eigenvalue weighted by Gasteiger charge is -2.25. The van der Waals surface area contributed by atoms with Crippen molar-refractivity contribution in [3.05, 3.63) is 35.5 Å². The Morgan fingerprint density at radius 2 is 2.04 bits per heavy atom. The smallest absolute Gasteiger partial charge is 0.230 e. The first-order chi connectivity index (χ1) is 11.2. The zero-order valence-corrected chi connectivity index (χ0v) is 13.9. The minimum Gasteiger partial charge on any atom is -0.497 e. The molecule has 0 amide bonds. The van der Waals surface area contributed by atoms with Gasteiger partial charge in [0, 0.05) is 24.1 Å². The number of methoxy groups -OCH3 is 2. The van der Waals surface area contributed by atoms with Gasteiger partial charge in [-0.1, -0.05) is 13.0 Å². The van der Waals surface area contributed by atoms with E-state index in [0.29, 0.717) is 24.4 Å². The van der Waals surface area contributed by atoms with Gasteiger partial charge in [-0.05, 0) is 25.5 Å². The first kappa shape index (κ1) is 15.8. The quantitative estimate of drug-likeness (QED) is 0.816. The topological polar surface area (TPSA) is 60.6 Å². The molecule has 0 bridgehead atoms. The van der Waals surface area contributed by atoms with E-state index in [1.807, 2.05) is 19.1 Å². The fraction of sp³-hybridized carbons (Fsp3) is 0.529. The highest BCUT2D eigenvalue weighted by Gasteiger charge is 2.29. The number of hydrogen-bond donors (Lipinski definition) is 0. The van der Waals surface area contributed by atoms with Gasteiger partial charge in [0.05, 0.1) is 20.8 Å². The van der Waals surface area contributed by atoms with Crippen molar-refractivity contribution in [1.82, 2.24) is 15.1 Å². The van der Waals surface area contributed by atoms with Crippen molar-refractivity contribution in [2.75, 3.05) is 20.8 Å². The summed E-state index contributed by atoms with van der Waals surface area (Å²) in [6, 6.07) is 6.31. The number of likely N-dealkylation sites (tertiary alicyclic amines) is 1. The number of benzene rings is 1. The van der Waals surface area contributed by atoms with Gasteiger partial charge in [0.1, 0.15) is 11.5 Å². The molecule has 6 nitrogen and oxygen atoms in total. The van der Waals surface area contributed by atoms with Crippen LogP contribution in [0.5, 0.6) is 11.5 Å². The summed E-state index contributed by atoms with van der Waals surface area (Å²) in [6.45, 7) is 3.70. The molecule has 23 heavy (non-hydrogen) atoms. The summed E-state index contributed by atoms with van der Waals surface area (Å²) < 4.78 is 16.5. The molecule has 0 unspecified atom stereocenters. The van der Waals surface area contributed by atoms with Gasteiger partial charge in [-0.15, -0.1) is 10.2 Å². The van der Waals surface area contributed by atoms with Crippen molar-refractivity contribution in [3.8, 4) is 11.5 Å². The summed E-state index contributed by atoms with van der Waals surface area (Å²) in [7, 11) is 3.36. The summed E-state index contributed by atoms with van der Waals surface area (Å²) in [4.78, 5) is 2.37. The average molecular weight is 317 g/mol. The highest BCUT2D eigenvalue weighted by molar-refractivity contribution is 5.42. The number of hydrogen-bond acceptors (Lipinski definition) is 6. The molecule has 1 aromatic heterocycles. The van der Waals surface area contributed by atoms with Crippen LogP contribution in [0.25, 0.3) is 0 Å². The summed E-state index contributed by atoms with van der Waals surface area (Å²) in [5.74, 6) is 3.04. The molecule has 0 aliphatic carbocycles. The molecule has 2 heterocycles. The van der Waals surface area contributed by atoms with Crippen LogP contribution < -0.4 is 9.47 Å². The first-order valence-electron chi connectivity index (χ1n) is 8.02. The minimum absolute atomic E-state index is 0.299. The van der Waals surface area contributed by atoms with E-state index < -0.39 is 0 Å². The number of aromatic nitrogens is 2. The van der Waals surface area contributed by atoms with Crippen LogP contribution in [-0.4, -0.2) is 35.9 Å². The molecular weight excluding hydrogens is 294 g/mol. The van der Waals surface area contributed by atoms with Crippen LogP contribution in [0.4, 0.5) is 0 Å². The molecule has 0 spiro atoms. The molecule has 0 radical (unpaired) electrons. The minimum atomic E-state index is 0.299. The van der Waals surface area contributed by atoms with Gasteiger partial charge in [0.2, 0.25) is 11.8 Å². The van der Waals surface area contributed by atoms with Crippen LogP contribution in [-0.2, 0) is 13.0 Å². The van der Waals surface area contributed by atoms with E-state index in [1.54, 1.807) is 14.2 Å². The van der Waals surface area contributed by atoms with Crippen LogP contribution in [0.1, 0.15) is 43.2 Å². The van der Waals surface area contributed by atoms with Crippen LogP contribution in [0.3, 0.4) is 0 Å². The van der Waals surface area contributed by atoms with Gasteiger partial charge in [-0.3, -0.25) is 4.90 Å². The van der Waals surface area contributed by atoms with Gasteiger partial charge >= 0.3 is 0 Å². The van der Waals surface area contributed by atoms with Crippen LogP contribution in [0, 0.1) is 0 Å². The summed E-state index contributed by atoms with van der Waals surface area (Å²) >= 11 is 0. The molecule has 124 valence electrons. The molecule has 1 aromatic carbocycles. The van der Waals surface area contributed by atoms with Crippen molar-refractivity contribution in [1.29, 1.82) is 0 Å². The monoisotopic (exact) mass is 317 g/mol. The maximum Gasteiger partial charge on any atom is 0.230 e. The van der Waals surface area contributed by atoms with Crippen LogP contribution in [0.15, 0.2) is 22.6 Å². The molecule has 3 rings (SSSR count). The fourth-order valence-electron chi connectivity index (χ4n) is 3.13. The Morgan fingerprint density at radius 3 is 2.74 bits per heavy atom. The van der Waals surface area contributed by atoms with Gasteiger partial charge in [-0.25, -0.2) is 0 Å². The second-order valence-electron chi connectivity index (χ2n) is 5.68. The molecular formula is C17H23N3O3. The van der Waals surface area contributed by atoms with Crippen molar-refractivity contribution in [2.24, 2.45) is 0 Å². The number of ether oxygens (including phenoxy) is 2. The molecule has 1 aliphatic rings. The highest BCUT2D eigenvalue weighted by atomic mass is 16.5. The summed E-state index contributed by atoms with van der Waals surface area (Å²) in [5, 5.41) is 8.19. The Kier molecular flexibility index (Phi) is 4.81. The lowest BCUT2D eigenvalue weighted by molar-refractivity contribution is 0.217. The third-order valence-corrected chi connectivity index (χ3v) is 4.31. The second-order valence-corrected chi connectivity index (χ2v) is 5.68. The largest absolute Gasteiger partial charge is 0.497 e. The third-order valence-electron chi connectivity index (χ3n) is 4.31. The number of rotatable bonds is 6. The Balaban J connectivity index is 1.81. The third kappa shape index (κ3) is 3.32. The van der Waals surface area contributed by atoms with E-state index in [1.165, 1.54) is 5.56 Å². The Morgan fingerprint density at radius 1 is 1.22 bits per heavy atom. The molecule has 1 saturated heterocycles. The predicted molar refractivity (Wildman–Crippen MR) is 85.6 cm³/mol. The average Bonchev–Trinajstić information content (AvgIpc) is 3.23. The van der Waals surface area contributed by atoms with Gasteiger partial charge < -0.3 is 13.9 Å². The van der Waals surface area contributed by atoms with Gasteiger partial charge in [0.25, 0.3) is 0 Å². The maximum absolute atomic E-state index is 5.66. The molecule has 0 N–H and O–H groups in total. The summed E-state index contributed by atoms with van der Waals surface area (Å²) in [5.41, 5.74) is 1.18. The lowest BCUT2D eigenvalue weighted by atomic mass is 10.0. The summed E-state index contributed by atoms with van der Waals surface area (Å²) in [6.07, 6.45) is 3.01. The zero-order valence-electron chi connectivity index (χ0n) is 13.9. The molecule has 0 saturated carbocycles. The number of aryl methyl sites for hydroxylation is 1. The van der Waals surface area contributed by atoms with Crippen LogP contribution >= 0.6 is 0 Å². The van der Waals surface area contributed by atoms with E-state index >= 15 is 0 Å². The second kappa shape index (κ2) is 7.00. The zero-order chi connectivity index (χ0) is 16.2. The van der Waals surface area contributed by atoms with E-state index in [2.05, 4.69) is 21.2 Å². The molecule has 2 aromatic rings. The molecule has 1 fully saturated rings. The molecule has 6 heteroatoms. The lowest BCUT2D eigenvalue weighted by Crippen LogP contribution is -2.23. The van der Waals surface area contributed by atoms with Gasteiger partial charge in [0.15, 0.2) is 0 Å². The highest BCUT2D eigenvalue weighted by Crippen LogP contribution is 2.39. The standard InChI is InChI=1S/C17H23N3O3/c1-4-16-18-19-17(23-16)11-20-9-5-6-14(20)13-8-7-12(21-2)10-15(13)22-3/h7-8,10,14H,4-6,9,11H2,1-3H3/t14-/m1/s1. The van der Waals surface area contributed by atoms with Crippen molar-refractivity contribution >= 4 is 0 Å². The molecule has 1 aliphatic heterocycles. The SMILES string of the molecule is CCc1nnc(CN2CCC[C@@H]2c2ccc(OC)cc2OC)o1. The van der Waals surface area contributed by atoms with E-state index in [4.69, 9.17) is 13.9 Å². The van der Waals surface area contributed by atoms with E-state index in [-0.39, 0.29) is 0 Å². The Labute approximate surface area is 136 Å². The van der Waals surface area contributed by atoms with Crippen molar-refractivity contribution < 1.29 is 13.9 Å². The number of nitrogens with zero attached hydrogens (tertiary/aromatic N) is 3. The predicted octanol–water partition coefficient (Wildman–Crippen LogP) is 2.99. The molecule has 1 atom stereocenters. The normalized spacial score (nSPS) is 18.3. The Hall–Kier alpha value is -2.08. The van der Waals surface area contributed by atoms with Crippen LogP contribution in [0.2, 0.25) is 0 Å². The van der Waals surface area contributed by atoms with Crippen molar-refractivity contribution in [2.45, 2.75) is 38.8 Å². The van der Waals surface area contributed by atoms with E-state index in [9.17, 15) is 0 Å². The first-order valence-corrected chi connectivity index (χ1v) is 8.02. The van der Waals surface area contributed by atoms with Crippen molar-refractivity contribution in [3.63, 3.8) is 0 Å². The Bertz CT molecular complexity index is 656. The fourth-order valence-corrected chi connectivity index (χ4v) is 3.13. The maximum atomic E-state index is 5.66.